The molecule has 0 bridgehead atoms. The Morgan fingerprint density at radius 1 is 1.09 bits per heavy atom. The summed E-state index contributed by atoms with van der Waals surface area (Å²) in [4.78, 5) is 0.360. The van der Waals surface area contributed by atoms with Crippen LogP contribution in [-0.4, -0.2) is 45.5 Å². The van der Waals surface area contributed by atoms with Crippen LogP contribution in [-0.2, 0) is 10.0 Å². The molecular weight excluding hydrogens is 312 g/mol. The van der Waals surface area contributed by atoms with Gasteiger partial charge in [-0.05, 0) is 32.0 Å². The number of ether oxygens (including phenoxy) is 1. The zero-order chi connectivity index (χ0) is 16.3. The minimum Gasteiger partial charge on any atom is -0.493 e. The maximum absolute atomic E-state index is 13.1. The molecule has 2 aromatic carbocycles. The molecule has 1 fully saturated rings. The van der Waals surface area contributed by atoms with E-state index in [1.807, 2.05) is 31.2 Å². The summed E-state index contributed by atoms with van der Waals surface area (Å²) in [6, 6.07) is 10.9. The van der Waals surface area contributed by atoms with Crippen LogP contribution >= 0.6 is 0 Å². The van der Waals surface area contributed by atoms with Gasteiger partial charge in [0.1, 0.15) is 5.75 Å². The van der Waals surface area contributed by atoms with Crippen LogP contribution in [0.5, 0.6) is 5.75 Å². The van der Waals surface area contributed by atoms with Gasteiger partial charge >= 0.3 is 0 Å². The number of nitrogens with one attached hydrogen (secondary N) is 1. The summed E-state index contributed by atoms with van der Waals surface area (Å²) in [5.74, 6) is 0.722. The van der Waals surface area contributed by atoms with Crippen LogP contribution in [0.15, 0.2) is 41.3 Å². The van der Waals surface area contributed by atoms with Crippen molar-refractivity contribution in [1.29, 1.82) is 0 Å². The van der Waals surface area contributed by atoms with Gasteiger partial charge in [-0.1, -0.05) is 24.3 Å². The molecule has 1 N–H and O–H groups in total. The first-order chi connectivity index (χ1) is 11.1. The van der Waals surface area contributed by atoms with E-state index >= 15 is 0 Å². The monoisotopic (exact) mass is 334 g/mol. The molecule has 124 valence electrons. The fraction of sp³-hybridized carbons (Fsp3) is 0.412. The van der Waals surface area contributed by atoms with Gasteiger partial charge in [-0.2, -0.15) is 4.31 Å². The number of benzene rings is 2. The molecule has 5 nitrogen and oxygen atoms in total. The standard InChI is InChI=1S/C17H22N2O3S/c1-2-22-16-8-9-17(15-7-4-3-6-14(15)16)23(20,21)19-12-5-10-18-11-13-19/h3-4,6-9,18H,2,5,10-13H2,1H3. The highest BCUT2D eigenvalue weighted by molar-refractivity contribution is 7.89. The van der Waals surface area contributed by atoms with Crippen molar-refractivity contribution in [3.05, 3.63) is 36.4 Å². The second kappa shape index (κ2) is 6.86. The van der Waals surface area contributed by atoms with Crippen molar-refractivity contribution in [3.8, 4) is 5.75 Å². The number of fused-ring (bicyclic) bond motifs is 1. The summed E-state index contributed by atoms with van der Waals surface area (Å²) in [7, 11) is -3.51. The summed E-state index contributed by atoms with van der Waals surface area (Å²) >= 11 is 0. The van der Waals surface area contributed by atoms with Gasteiger partial charge in [0, 0.05) is 30.4 Å². The average Bonchev–Trinajstić information content (AvgIpc) is 2.85. The van der Waals surface area contributed by atoms with E-state index in [4.69, 9.17) is 4.74 Å². The van der Waals surface area contributed by atoms with Crippen molar-refractivity contribution in [2.24, 2.45) is 0 Å². The van der Waals surface area contributed by atoms with Gasteiger partial charge < -0.3 is 10.1 Å². The van der Waals surface area contributed by atoms with E-state index in [1.165, 1.54) is 0 Å². The summed E-state index contributed by atoms with van der Waals surface area (Å²) in [5.41, 5.74) is 0. The van der Waals surface area contributed by atoms with E-state index in [-0.39, 0.29) is 0 Å². The number of hydrogen-bond donors (Lipinski definition) is 1. The second-order valence-electron chi connectivity index (χ2n) is 5.55. The topological polar surface area (TPSA) is 58.6 Å². The molecule has 0 saturated carbocycles. The van der Waals surface area contributed by atoms with E-state index in [1.54, 1.807) is 16.4 Å². The molecule has 0 aliphatic carbocycles. The molecule has 0 aromatic heterocycles. The van der Waals surface area contributed by atoms with Crippen LogP contribution in [0.2, 0.25) is 0 Å². The first-order valence-electron chi connectivity index (χ1n) is 8.00. The molecule has 1 heterocycles. The van der Waals surface area contributed by atoms with Crippen molar-refractivity contribution in [3.63, 3.8) is 0 Å². The van der Waals surface area contributed by atoms with E-state index in [9.17, 15) is 8.42 Å². The summed E-state index contributed by atoms with van der Waals surface area (Å²) in [6.45, 7) is 5.07. The normalized spacial score (nSPS) is 17.1. The zero-order valence-electron chi connectivity index (χ0n) is 13.3. The van der Waals surface area contributed by atoms with Crippen LogP contribution in [0.4, 0.5) is 0 Å². The highest BCUT2D eigenvalue weighted by Crippen LogP contribution is 2.32. The van der Waals surface area contributed by atoms with E-state index in [0.29, 0.717) is 31.1 Å². The highest BCUT2D eigenvalue weighted by Gasteiger charge is 2.27. The molecule has 0 radical (unpaired) electrons. The predicted octanol–water partition coefficient (Wildman–Crippen LogP) is 2.22. The van der Waals surface area contributed by atoms with Crippen LogP contribution in [0, 0.1) is 0 Å². The molecule has 23 heavy (non-hydrogen) atoms. The summed E-state index contributed by atoms with van der Waals surface area (Å²) in [6.07, 6.45) is 0.828. The van der Waals surface area contributed by atoms with Gasteiger partial charge in [-0.15, -0.1) is 0 Å². The van der Waals surface area contributed by atoms with Gasteiger partial charge in [0.2, 0.25) is 10.0 Å². The SMILES string of the molecule is CCOc1ccc(S(=O)(=O)N2CCCNCC2)c2ccccc12. The van der Waals surface area contributed by atoms with Crippen LogP contribution < -0.4 is 10.1 Å². The van der Waals surface area contributed by atoms with E-state index in [2.05, 4.69) is 5.32 Å². The Hall–Kier alpha value is -1.63. The fourth-order valence-corrected chi connectivity index (χ4v) is 4.63. The minimum absolute atomic E-state index is 0.360. The zero-order valence-corrected chi connectivity index (χ0v) is 14.1. The Labute approximate surface area is 137 Å². The lowest BCUT2D eigenvalue weighted by Crippen LogP contribution is -2.34. The fourth-order valence-electron chi connectivity index (χ4n) is 2.95. The lowest BCUT2D eigenvalue weighted by atomic mass is 10.1. The van der Waals surface area contributed by atoms with Crippen LogP contribution in [0.3, 0.4) is 0 Å². The number of nitrogens with zero attached hydrogens (tertiary/aromatic N) is 1. The Kier molecular flexibility index (Phi) is 4.84. The Morgan fingerprint density at radius 2 is 1.87 bits per heavy atom. The lowest BCUT2D eigenvalue weighted by molar-refractivity contribution is 0.344. The molecule has 0 unspecified atom stereocenters. The Balaban J connectivity index is 2.10. The predicted molar refractivity (Wildman–Crippen MR) is 91.4 cm³/mol. The van der Waals surface area contributed by atoms with Crippen molar-refractivity contribution in [2.75, 3.05) is 32.8 Å². The molecule has 0 atom stereocenters. The summed E-state index contributed by atoms with van der Waals surface area (Å²) in [5, 5.41) is 4.79. The van der Waals surface area contributed by atoms with Gasteiger partial charge in [0.15, 0.2) is 0 Å². The molecule has 6 heteroatoms. The van der Waals surface area contributed by atoms with Gasteiger partial charge in [0.05, 0.1) is 11.5 Å². The molecule has 1 aliphatic rings. The Bertz CT molecular complexity index is 782. The molecule has 0 amide bonds. The third kappa shape index (κ3) is 3.20. The molecule has 1 aliphatic heterocycles. The minimum atomic E-state index is -3.51. The molecule has 0 spiro atoms. The largest absolute Gasteiger partial charge is 0.493 e. The molecule has 3 rings (SSSR count). The van der Waals surface area contributed by atoms with Crippen molar-refractivity contribution < 1.29 is 13.2 Å². The first-order valence-corrected chi connectivity index (χ1v) is 9.44. The molecule has 1 saturated heterocycles. The van der Waals surface area contributed by atoms with Crippen LogP contribution in [0.1, 0.15) is 13.3 Å². The number of hydrogen-bond acceptors (Lipinski definition) is 4. The van der Waals surface area contributed by atoms with Crippen molar-refractivity contribution in [1.82, 2.24) is 9.62 Å². The van der Waals surface area contributed by atoms with Gasteiger partial charge in [0.25, 0.3) is 0 Å². The van der Waals surface area contributed by atoms with Crippen molar-refractivity contribution >= 4 is 20.8 Å². The first kappa shape index (κ1) is 16.2. The van der Waals surface area contributed by atoms with Gasteiger partial charge in [-0.25, -0.2) is 8.42 Å². The Morgan fingerprint density at radius 3 is 2.65 bits per heavy atom. The number of sulfonamides is 1. The maximum Gasteiger partial charge on any atom is 0.243 e. The second-order valence-corrected chi connectivity index (χ2v) is 7.45. The summed E-state index contributed by atoms with van der Waals surface area (Å²) < 4.78 is 33.4. The number of rotatable bonds is 4. The van der Waals surface area contributed by atoms with Crippen molar-refractivity contribution in [2.45, 2.75) is 18.2 Å². The highest BCUT2D eigenvalue weighted by atomic mass is 32.2. The third-order valence-corrected chi connectivity index (χ3v) is 6.02. The van der Waals surface area contributed by atoms with E-state index < -0.39 is 10.0 Å². The molecule has 2 aromatic rings. The lowest BCUT2D eigenvalue weighted by Gasteiger charge is -2.21. The van der Waals surface area contributed by atoms with E-state index in [0.717, 1.165) is 29.5 Å². The average molecular weight is 334 g/mol. The van der Waals surface area contributed by atoms with Gasteiger partial charge in [-0.3, -0.25) is 0 Å². The third-order valence-electron chi connectivity index (χ3n) is 4.06. The smallest absolute Gasteiger partial charge is 0.243 e. The van der Waals surface area contributed by atoms with Crippen LogP contribution in [0.25, 0.3) is 10.8 Å². The molecular formula is C17H22N2O3S. The maximum atomic E-state index is 13.1. The quantitative estimate of drug-likeness (QED) is 0.931.